The smallest absolute Gasteiger partial charge is 0.287 e. The summed E-state index contributed by atoms with van der Waals surface area (Å²) in [4.78, 5) is 28.4. The van der Waals surface area contributed by atoms with E-state index in [2.05, 4.69) is 10.3 Å². The van der Waals surface area contributed by atoms with Crippen molar-refractivity contribution in [2.45, 2.75) is 5.03 Å². The van der Waals surface area contributed by atoms with Crippen LogP contribution >= 0.6 is 11.8 Å². The monoisotopic (exact) mass is 391 g/mol. The Labute approximate surface area is 155 Å². The van der Waals surface area contributed by atoms with E-state index in [1.54, 1.807) is 0 Å². The second-order valence-corrected chi connectivity index (χ2v) is 6.31. The van der Waals surface area contributed by atoms with Gasteiger partial charge in [-0.2, -0.15) is 0 Å². The Balaban J connectivity index is 1.71. The Kier molecular flexibility index (Phi) is 5.60. The molecule has 1 amide bonds. The highest BCUT2D eigenvalue weighted by atomic mass is 32.2. The maximum Gasteiger partial charge on any atom is 0.287 e. The number of hydrogen-bond donors (Lipinski definition) is 1. The molecule has 0 spiro atoms. The SMILES string of the molecule is O=C(CSc1nccn(-c2ccc(F)cc2)c1=O)Nc1ccc(F)cc1F. The largest absolute Gasteiger partial charge is 0.323 e. The highest BCUT2D eigenvalue weighted by molar-refractivity contribution is 7.99. The molecule has 5 nitrogen and oxygen atoms in total. The first-order valence-electron chi connectivity index (χ1n) is 7.65. The van der Waals surface area contributed by atoms with Crippen LogP contribution < -0.4 is 10.9 Å². The summed E-state index contributed by atoms with van der Waals surface area (Å²) in [6.07, 6.45) is 2.80. The molecule has 0 fully saturated rings. The maximum absolute atomic E-state index is 13.6. The molecule has 27 heavy (non-hydrogen) atoms. The number of carbonyl (C=O) groups excluding carboxylic acids is 1. The molecular weight excluding hydrogens is 379 g/mol. The van der Waals surface area contributed by atoms with E-state index in [-0.39, 0.29) is 16.5 Å². The molecule has 2 aromatic carbocycles. The fourth-order valence-electron chi connectivity index (χ4n) is 2.21. The Morgan fingerprint density at radius 3 is 2.48 bits per heavy atom. The van der Waals surface area contributed by atoms with Gasteiger partial charge in [0.15, 0.2) is 5.03 Å². The number of thioether (sulfide) groups is 1. The fourth-order valence-corrected chi connectivity index (χ4v) is 2.91. The van der Waals surface area contributed by atoms with E-state index in [1.165, 1.54) is 41.2 Å². The van der Waals surface area contributed by atoms with Crippen LogP contribution in [0.5, 0.6) is 0 Å². The summed E-state index contributed by atoms with van der Waals surface area (Å²) in [5, 5.41) is 2.35. The highest BCUT2D eigenvalue weighted by Crippen LogP contribution is 2.17. The van der Waals surface area contributed by atoms with Gasteiger partial charge >= 0.3 is 0 Å². The van der Waals surface area contributed by atoms with Gasteiger partial charge in [0.1, 0.15) is 17.5 Å². The molecule has 0 aliphatic rings. The summed E-state index contributed by atoms with van der Waals surface area (Å²) in [7, 11) is 0. The number of benzene rings is 2. The Bertz CT molecular complexity index is 1040. The number of carbonyl (C=O) groups is 1. The highest BCUT2D eigenvalue weighted by Gasteiger charge is 2.12. The van der Waals surface area contributed by atoms with E-state index in [4.69, 9.17) is 0 Å². The van der Waals surface area contributed by atoms with Gasteiger partial charge in [0.25, 0.3) is 5.56 Å². The molecule has 138 valence electrons. The number of rotatable bonds is 5. The zero-order valence-electron chi connectivity index (χ0n) is 13.7. The predicted octanol–water partition coefficient (Wildman–Crippen LogP) is 3.38. The summed E-state index contributed by atoms with van der Waals surface area (Å²) in [6.45, 7) is 0. The average Bonchev–Trinajstić information content (AvgIpc) is 2.64. The van der Waals surface area contributed by atoms with E-state index in [1.807, 2.05) is 0 Å². The number of anilines is 1. The summed E-state index contributed by atoms with van der Waals surface area (Å²) in [5.41, 5.74) is -0.190. The lowest BCUT2D eigenvalue weighted by Crippen LogP contribution is -2.22. The lowest BCUT2D eigenvalue weighted by Gasteiger charge is -2.08. The minimum absolute atomic E-state index is 0.0524. The van der Waals surface area contributed by atoms with Crippen molar-refractivity contribution in [3.05, 3.63) is 82.7 Å². The van der Waals surface area contributed by atoms with Crippen LogP contribution in [0.3, 0.4) is 0 Å². The van der Waals surface area contributed by atoms with Gasteiger partial charge in [0.05, 0.1) is 11.4 Å². The van der Waals surface area contributed by atoms with Crippen LogP contribution in [0, 0.1) is 17.5 Å². The van der Waals surface area contributed by atoms with E-state index in [0.717, 1.165) is 23.9 Å². The quantitative estimate of drug-likeness (QED) is 0.678. The van der Waals surface area contributed by atoms with Crippen molar-refractivity contribution in [3.63, 3.8) is 0 Å². The normalized spacial score (nSPS) is 10.6. The van der Waals surface area contributed by atoms with Gasteiger partial charge in [-0.1, -0.05) is 11.8 Å². The molecule has 0 aliphatic carbocycles. The van der Waals surface area contributed by atoms with Crippen molar-refractivity contribution in [1.82, 2.24) is 9.55 Å². The van der Waals surface area contributed by atoms with Crippen LogP contribution in [0.4, 0.5) is 18.9 Å². The number of amides is 1. The number of nitrogens with zero attached hydrogens (tertiary/aromatic N) is 2. The van der Waals surface area contributed by atoms with Crippen molar-refractivity contribution in [3.8, 4) is 5.69 Å². The molecule has 0 atom stereocenters. The van der Waals surface area contributed by atoms with Gasteiger partial charge in [0, 0.05) is 24.1 Å². The van der Waals surface area contributed by atoms with Crippen molar-refractivity contribution < 1.29 is 18.0 Å². The first-order valence-corrected chi connectivity index (χ1v) is 8.64. The van der Waals surface area contributed by atoms with Gasteiger partial charge in [0.2, 0.25) is 5.91 Å². The third-order valence-electron chi connectivity index (χ3n) is 3.46. The number of aromatic nitrogens is 2. The molecular formula is C18H12F3N3O2S. The fraction of sp³-hybridized carbons (Fsp3) is 0.0556. The molecule has 0 bridgehead atoms. The maximum atomic E-state index is 13.6. The Morgan fingerprint density at radius 2 is 1.78 bits per heavy atom. The van der Waals surface area contributed by atoms with E-state index < -0.39 is 28.9 Å². The lowest BCUT2D eigenvalue weighted by molar-refractivity contribution is -0.113. The number of nitrogens with one attached hydrogen (secondary N) is 1. The average molecular weight is 391 g/mol. The van der Waals surface area contributed by atoms with E-state index in [9.17, 15) is 22.8 Å². The molecule has 1 aromatic heterocycles. The molecule has 0 radical (unpaired) electrons. The molecule has 0 saturated carbocycles. The van der Waals surface area contributed by atoms with Crippen molar-refractivity contribution in [2.75, 3.05) is 11.1 Å². The van der Waals surface area contributed by atoms with E-state index in [0.29, 0.717) is 11.8 Å². The summed E-state index contributed by atoms with van der Waals surface area (Å²) in [5.74, 6) is -2.87. The van der Waals surface area contributed by atoms with Crippen molar-refractivity contribution in [1.29, 1.82) is 0 Å². The number of hydrogen-bond acceptors (Lipinski definition) is 4. The summed E-state index contributed by atoms with van der Waals surface area (Å²) in [6, 6.07) is 8.11. The molecule has 3 rings (SSSR count). The van der Waals surface area contributed by atoms with Crippen molar-refractivity contribution >= 4 is 23.4 Å². The molecule has 1 heterocycles. The van der Waals surface area contributed by atoms with Crippen LogP contribution in [0.25, 0.3) is 5.69 Å². The summed E-state index contributed by atoms with van der Waals surface area (Å²) < 4.78 is 40.7. The zero-order chi connectivity index (χ0) is 19.4. The molecule has 1 N–H and O–H groups in total. The zero-order valence-corrected chi connectivity index (χ0v) is 14.5. The standard InChI is InChI=1S/C18H12F3N3O2S/c19-11-1-4-13(5-2-11)24-8-7-22-17(18(24)26)27-10-16(25)23-15-6-3-12(20)9-14(15)21/h1-9H,10H2,(H,23,25). The third-order valence-corrected chi connectivity index (χ3v) is 4.42. The van der Waals surface area contributed by atoms with Gasteiger partial charge in [-0.05, 0) is 36.4 Å². The first kappa shape index (κ1) is 18.7. The van der Waals surface area contributed by atoms with Gasteiger partial charge < -0.3 is 5.32 Å². The Morgan fingerprint density at radius 1 is 1.07 bits per heavy atom. The minimum Gasteiger partial charge on any atom is -0.323 e. The second kappa shape index (κ2) is 8.09. The predicted molar refractivity (Wildman–Crippen MR) is 95.5 cm³/mol. The second-order valence-electron chi connectivity index (χ2n) is 5.34. The van der Waals surface area contributed by atoms with Gasteiger partial charge in [-0.3, -0.25) is 14.2 Å². The van der Waals surface area contributed by atoms with E-state index >= 15 is 0 Å². The van der Waals surface area contributed by atoms with Crippen LogP contribution in [-0.2, 0) is 4.79 Å². The molecule has 9 heteroatoms. The molecule has 0 aliphatic heterocycles. The first-order chi connectivity index (χ1) is 12.9. The molecule has 0 unspecified atom stereocenters. The lowest BCUT2D eigenvalue weighted by atomic mass is 10.3. The topological polar surface area (TPSA) is 64.0 Å². The summed E-state index contributed by atoms with van der Waals surface area (Å²) >= 11 is 0.868. The van der Waals surface area contributed by atoms with Gasteiger partial charge in [-0.25, -0.2) is 18.2 Å². The minimum atomic E-state index is -0.898. The van der Waals surface area contributed by atoms with Crippen LogP contribution in [-0.4, -0.2) is 21.2 Å². The Hall–Kier alpha value is -3.07. The molecule has 0 saturated heterocycles. The van der Waals surface area contributed by atoms with Crippen molar-refractivity contribution in [2.24, 2.45) is 0 Å². The van der Waals surface area contributed by atoms with Crippen LogP contribution in [0.15, 0.2) is 64.7 Å². The number of halogens is 3. The van der Waals surface area contributed by atoms with Gasteiger partial charge in [-0.15, -0.1) is 0 Å². The van der Waals surface area contributed by atoms with Crippen LogP contribution in [0.2, 0.25) is 0 Å². The van der Waals surface area contributed by atoms with Crippen LogP contribution in [0.1, 0.15) is 0 Å². The molecule has 3 aromatic rings. The third kappa shape index (κ3) is 4.56.